The van der Waals surface area contributed by atoms with Gasteiger partial charge < -0.3 is 14.9 Å². The average molecular weight is 440 g/mol. The molecular formula is C26H37N3O3. The molecule has 0 aromatic heterocycles. The number of rotatable bonds is 4. The van der Waals surface area contributed by atoms with Gasteiger partial charge in [-0.15, -0.1) is 0 Å². The van der Waals surface area contributed by atoms with Crippen LogP contribution in [0.25, 0.3) is 0 Å². The van der Waals surface area contributed by atoms with Crippen LogP contribution in [0.5, 0.6) is 0 Å². The number of hydrogen-bond donors (Lipinski definition) is 1. The van der Waals surface area contributed by atoms with Gasteiger partial charge in [0, 0.05) is 31.0 Å². The SMILES string of the molecule is Cc1cc(C)cc(C2(C/C(=N/C(=O)C(C)O)N3CC(=O)N4CCCCC4C3)CCCC2)c1. The molecule has 4 rings (SSSR count). The summed E-state index contributed by atoms with van der Waals surface area (Å²) < 4.78 is 0. The summed E-state index contributed by atoms with van der Waals surface area (Å²) in [5.74, 6) is 0.285. The second-order valence-electron chi connectivity index (χ2n) is 10.2. The topological polar surface area (TPSA) is 73.2 Å². The minimum absolute atomic E-state index is 0.0820. The predicted molar refractivity (Wildman–Crippen MR) is 126 cm³/mol. The van der Waals surface area contributed by atoms with Crippen molar-refractivity contribution in [2.45, 2.75) is 89.7 Å². The zero-order valence-electron chi connectivity index (χ0n) is 19.8. The van der Waals surface area contributed by atoms with Crippen molar-refractivity contribution in [3.8, 4) is 0 Å². The zero-order chi connectivity index (χ0) is 22.9. The minimum atomic E-state index is -1.14. The summed E-state index contributed by atoms with van der Waals surface area (Å²) in [4.78, 5) is 33.9. The maximum absolute atomic E-state index is 12.9. The first kappa shape index (κ1) is 23.0. The third-order valence-corrected chi connectivity index (χ3v) is 7.56. The molecular weight excluding hydrogens is 402 g/mol. The number of carbonyl (C=O) groups is 2. The van der Waals surface area contributed by atoms with Crippen molar-refractivity contribution in [1.82, 2.24) is 9.80 Å². The Morgan fingerprint density at radius 3 is 2.50 bits per heavy atom. The van der Waals surface area contributed by atoms with E-state index in [2.05, 4.69) is 37.0 Å². The molecule has 6 nitrogen and oxygen atoms in total. The molecule has 174 valence electrons. The molecule has 6 heteroatoms. The Labute approximate surface area is 191 Å². The van der Waals surface area contributed by atoms with E-state index in [1.54, 1.807) is 0 Å². The van der Waals surface area contributed by atoms with E-state index >= 15 is 0 Å². The number of amidine groups is 1. The molecule has 1 aliphatic carbocycles. The number of piperazine rings is 1. The van der Waals surface area contributed by atoms with Crippen LogP contribution in [-0.4, -0.2) is 64.3 Å². The van der Waals surface area contributed by atoms with Gasteiger partial charge in [0.05, 0.1) is 6.54 Å². The van der Waals surface area contributed by atoms with E-state index < -0.39 is 12.0 Å². The Morgan fingerprint density at radius 2 is 1.84 bits per heavy atom. The van der Waals surface area contributed by atoms with Crippen LogP contribution in [0.2, 0.25) is 0 Å². The van der Waals surface area contributed by atoms with Gasteiger partial charge in [-0.3, -0.25) is 9.59 Å². The van der Waals surface area contributed by atoms with Crippen LogP contribution in [0.4, 0.5) is 0 Å². The number of fused-ring (bicyclic) bond motifs is 1. The van der Waals surface area contributed by atoms with E-state index in [0.717, 1.165) is 58.0 Å². The van der Waals surface area contributed by atoms with Gasteiger partial charge in [0.1, 0.15) is 11.9 Å². The van der Waals surface area contributed by atoms with Crippen LogP contribution in [0, 0.1) is 13.8 Å². The van der Waals surface area contributed by atoms with Gasteiger partial charge in [0.25, 0.3) is 5.91 Å². The molecule has 3 fully saturated rings. The first-order valence-electron chi connectivity index (χ1n) is 12.2. The summed E-state index contributed by atoms with van der Waals surface area (Å²) in [6.07, 6.45) is 7.10. The van der Waals surface area contributed by atoms with Crippen LogP contribution >= 0.6 is 0 Å². The second-order valence-corrected chi connectivity index (χ2v) is 10.2. The number of nitrogens with zero attached hydrogens (tertiary/aromatic N) is 3. The number of benzene rings is 1. The van der Waals surface area contributed by atoms with E-state index in [1.165, 1.54) is 23.6 Å². The fourth-order valence-electron chi connectivity index (χ4n) is 5.93. The van der Waals surface area contributed by atoms with Gasteiger partial charge in [-0.05, 0) is 58.4 Å². The Bertz CT molecular complexity index is 881. The summed E-state index contributed by atoms with van der Waals surface area (Å²) in [5, 5.41) is 9.87. The maximum Gasteiger partial charge on any atom is 0.275 e. The van der Waals surface area contributed by atoms with Crippen LogP contribution in [0.1, 0.15) is 75.0 Å². The van der Waals surface area contributed by atoms with Crippen LogP contribution in [0.15, 0.2) is 23.2 Å². The fraction of sp³-hybridized carbons (Fsp3) is 0.654. The molecule has 2 saturated heterocycles. The molecule has 1 aromatic rings. The van der Waals surface area contributed by atoms with Crippen LogP contribution < -0.4 is 0 Å². The van der Waals surface area contributed by atoms with Gasteiger partial charge >= 0.3 is 0 Å². The highest BCUT2D eigenvalue weighted by Crippen LogP contribution is 2.45. The number of aliphatic imine (C=N–C) groups is 1. The molecule has 2 heterocycles. The molecule has 2 aliphatic heterocycles. The molecule has 2 amide bonds. The summed E-state index contributed by atoms with van der Waals surface area (Å²) >= 11 is 0. The Morgan fingerprint density at radius 1 is 1.16 bits per heavy atom. The molecule has 3 aliphatic rings. The fourth-order valence-corrected chi connectivity index (χ4v) is 5.93. The van der Waals surface area contributed by atoms with Crippen molar-refractivity contribution in [2.75, 3.05) is 19.6 Å². The van der Waals surface area contributed by atoms with Crippen molar-refractivity contribution in [2.24, 2.45) is 4.99 Å². The predicted octanol–water partition coefficient (Wildman–Crippen LogP) is 3.51. The van der Waals surface area contributed by atoms with Crippen molar-refractivity contribution in [3.63, 3.8) is 0 Å². The van der Waals surface area contributed by atoms with Crippen molar-refractivity contribution < 1.29 is 14.7 Å². The lowest BCUT2D eigenvalue weighted by Crippen LogP contribution is -2.59. The number of aryl methyl sites for hydroxylation is 2. The lowest BCUT2D eigenvalue weighted by molar-refractivity contribution is -0.139. The van der Waals surface area contributed by atoms with E-state index in [9.17, 15) is 14.7 Å². The second kappa shape index (κ2) is 9.34. The van der Waals surface area contributed by atoms with Crippen LogP contribution in [-0.2, 0) is 15.0 Å². The summed E-state index contributed by atoms with van der Waals surface area (Å²) in [5.41, 5.74) is 3.72. The number of carbonyl (C=O) groups excluding carboxylic acids is 2. The average Bonchev–Trinajstić information content (AvgIpc) is 3.22. The first-order valence-corrected chi connectivity index (χ1v) is 12.2. The highest BCUT2D eigenvalue weighted by molar-refractivity contribution is 5.98. The quantitative estimate of drug-likeness (QED) is 0.576. The van der Waals surface area contributed by atoms with Crippen molar-refractivity contribution in [1.29, 1.82) is 0 Å². The highest BCUT2D eigenvalue weighted by atomic mass is 16.3. The lowest BCUT2D eigenvalue weighted by Gasteiger charge is -2.45. The third kappa shape index (κ3) is 4.75. The molecule has 1 saturated carbocycles. The van der Waals surface area contributed by atoms with E-state index in [-0.39, 0.29) is 23.9 Å². The molecule has 0 spiro atoms. The molecule has 32 heavy (non-hydrogen) atoms. The number of aliphatic hydroxyl groups is 1. The summed E-state index contributed by atoms with van der Waals surface area (Å²) in [6, 6.07) is 6.93. The zero-order valence-corrected chi connectivity index (χ0v) is 19.8. The molecule has 0 bridgehead atoms. The Hall–Kier alpha value is -2.21. The third-order valence-electron chi connectivity index (χ3n) is 7.56. The number of hydrogen-bond acceptors (Lipinski definition) is 3. The van der Waals surface area contributed by atoms with Gasteiger partial charge in [0.15, 0.2) is 0 Å². The summed E-state index contributed by atoms with van der Waals surface area (Å²) in [6.45, 7) is 7.55. The molecule has 1 aromatic carbocycles. The van der Waals surface area contributed by atoms with Crippen molar-refractivity contribution >= 4 is 17.6 Å². The van der Waals surface area contributed by atoms with E-state index in [0.29, 0.717) is 12.3 Å². The number of aliphatic hydroxyl groups excluding tert-OH is 1. The Kier molecular flexibility index (Phi) is 6.70. The van der Waals surface area contributed by atoms with Gasteiger partial charge in [0.2, 0.25) is 5.91 Å². The lowest BCUT2D eigenvalue weighted by atomic mass is 9.74. The molecule has 0 radical (unpaired) electrons. The first-order chi connectivity index (χ1) is 15.3. The summed E-state index contributed by atoms with van der Waals surface area (Å²) in [7, 11) is 0. The highest BCUT2D eigenvalue weighted by Gasteiger charge is 2.41. The smallest absolute Gasteiger partial charge is 0.275 e. The van der Waals surface area contributed by atoms with Crippen molar-refractivity contribution in [3.05, 3.63) is 34.9 Å². The number of amides is 2. The molecule has 1 N–H and O–H groups in total. The molecule has 2 unspecified atom stereocenters. The number of piperidine rings is 1. The van der Waals surface area contributed by atoms with Gasteiger partial charge in [-0.25, -0.2) is 0 Å². The minimum Gasteiger partial charge on any atom is -0.383 e. The Balaban J connectivity index is 1.68. The van der Waals surface area contributed by atoms with Gasteiger partial charge in [-0.1, -0.05) is 42.2 Å². The van der Waals surface area contributed by atoms with Crippen LogP contribution in [0.3, 0.4) is 0 Å². The standard InChI is InChI=1S/C26H37N3O3/c1-18-12-19(2)14-21(13-18)26(9-5-6-10-26)15-23(27-25(32)20(3)30)28-16-22-8-4-7-11-29(22)24(31)17-28/h12-14,20,22,30H,4-11,15-17H2,1-3H3/b27-23-. The van der Waals surface area contributed by atoms with Gasteiger partial charge in [-0.2, -0.15) is 4.99 Å². The largest absolute Gasteiger partial charge is 0.383 e. The monoisotopic (exact) mass is 439 g/mol. The molecule has 2 atom stereocenters. The normalized spacial score (nSPS) is 24.4. The van der Waals surface area contributed by atoms with E-state index in [4.69, 9.17) is 0 Å². The van der Waals surface area contributed by atoms with E-state index in [1.807, 2.05) is 9.80 Å². The maximum atomic E-state index is 12.9.